The quantitative estimate of drug-likeness (QED) is 0.350. The first-order valence-corrected chi connectivity index (χ1v) is 16.9. The summed E-state index contributed by atoms with van der Waals surface area (Å²) in [5.41, 5.74) is 3.66. The van der Waals surface area contributed by atoms with Crippen molar-refractivity contribution < 1.29 is 19.0 Å². The van der Waals surface area contributed by atoms with E-state index in [1.807, 2.05) is 39.2 Å². The Morgan fingerprint density at radius 3 is 2.44 bits per heavy atom. The first kappa shape index (κ1) is 31.4. The molecule has 1 amide bonds. The highest BCUT2D eigenvalue weighted by Crippen LogP contribution is 2.52. The Morgan fingerprint density at radius 2 is 1.78 bits per heavy atom. The number of carbonyl (C=O) groups excluding carboxylic acids is 1. The molecular formula is C33H42N6O5S. The van der Waals surface area contributed by atoms with Crippen LogP contribution in [0.4, 0.5) is 5.95 Å². The molecule has 2 saturated heterocycles. The zero-order valence-electron chi connectivity index (χ0n) is 26.7. The zero-order chi connectivity index (χ0) is 31.7. The van der Waals surface area contributed by atoms with Gasteiger partial charge in [0.1, 0.15) is 0 Å². The average Bonchev–Trinajstić information content (AvgIpc) is 3.43. The highest BCUT2D eigenvalue weighted by molar-refractivity contribution is 7.98. The van der Waals surface area contributed by atoms with Crippen LogP contribution in [0.25, 0.3) is 11.1 Å². The maximum Gasteiger partial charge on any atom is 0.254 e. The van der Waals surface area contributed by atoms with Gasteiger partial charge in [-0.05, 0) is 64.7 Å². The Labute approximate surface area is 268 Å². The lowest BCUT2D eigenvalue weighted by molar-refractivity contribution is -0.124. The number of piperidine rings is 1. The molecule has 2 N–H and O–H groups in total. The summed E-state index contributed by atoms with van der Waals surface area (Å²) < 4.78 is 18.9. The van der Waals surface area contributed by atoms with E-state index >= 15 is 0 Å². The van der Waals surface area contributed by atoms with Gasteiger partial charge in [0.15, 0.2) is 11.5 Å². The maximum atomic E-state index is 13.8. The van der Waals surface area contributed by atoms with E-state index in [2.05, 4.69) is 37.0 Å². The van der Waals surface area contributed by atoms with Gasteiger partial charge < -0.3 is 34.3 Å². The normalized spacial score (nSPS) is 20.4. The number of nitrogens with zero attached hydrogens (tertiary/aromatic N) is 4. The van der Waals surface area contributed by atoms with Crippen molar-refractivity contribution >= 4 is 23.6 Å². The molecule has 3 aromatic rings. The number of ether oxygens (including phenoxy) is 3. The molecule has 45 heavy (non-hydrogen) atoms. The third-order valence-electron chi connectivity index (χ3n) is 9.23. The van der Waals surface area contributed by atoms with Crippen molar-refractivity contribution in [3.8, 4) is 22.6 Å². The fraction of sp³-hybridized carbons (Fsp3) is 0.515. The Morgan fingerprint density at radius 1 is 1.09 bits per heavy atom. The molecule has 0 aliphatic carbocycles. The molecule has 2 fully saturated rings. The molecule has 3 aliphatic rings. The minimum atomic E-state index is -0.867. The molecule has 12 heteroatoms. The summed E-state index contributed by atoms with van der Waals surface area (Å²) in [4.78, 5) is 44.1. The van der Waals surface area contributed by atoms with E-state index in [-0.39, 0.29) is 23.9 Å². The van der Waals surface area contributed by atoms with E-state index in [1.54, 1.807) is 12.4 Å². The summed E-state index contributed by atoms with van der Waals surface area (Å²) in [6.07, 6.45) is 7.39. The topological polar surface area (TPSA) is 122 Å². The summed E-state index contributed by atoms with van der Waals surface area (Å²) >= 11 is 1.48. The van der Waals surface area contributed by atoms with Gasteiger partial charge in [-0.25, -0.2) is 9.97 Å². The van der Waals surface area contributed by atoms with Crippen LogP contribution in [0, 0.1) is 19.8 Å². The van der Waals surface area contributed by atoms with Crippen molar-refractivity contribution in [2.24, 2.45) is 5.92 Å². The van der Waals surface area contributed by atoms with Crippen LogP contribution in [-0.4, -0.2) is 83.7 Å². The summed E-state index contributed by atoms with van der Waals surface area (Å²) in [5, 5.41) is 2.98. The van der Waals surface area contributed by atoms with Crippen LogP contribution < -0.4 is 25.2 Å². The summed E-state index contributed by atoms with van der Waals surface area (Å²) in [5.74, 6) is 0.827. The predicted molar refractivity (Wildman–Crippen MR) is 174 cm³/mol. The number of nitrogens with one attached hydrogen (secondary N) is 2. The van der Waals surface area contributed by atoms with Gasteiger partial charge in [0.05, 0.1) is 13.2 Å². The lowest BCUT2D eigenvalue weighted by Gasteiger charge is -2.38. The molecule has 240 valence electrons. The third-order valence-corrected chi connectivity index (χ3v) is 10.0. The molecule has 1 atom stereocenters. The number of pyridine rings is 1. The molecule has 2 aromatic heterocycles. The van der Waals surface area contributed by atoms with Gasteiger partial charge in [0, 0.05) is 83.3 Å². The Kier molecular flexibility index (Phi) is 9.07. The van der Waals surface area contributed by atoms with E-state index in [9.17, 15) is 9.59 Å². The molecule has 1 aromatic carbocycles. The number of H-pyrrole nitrogens is 1. The smallest absolute Gasteiger partial charge is 0.254 e. The fourth-order valence-corrected chi connectivity index (χ4v) is 7.17. The van der Waals surface area contributed by atoms with Crippen LogP contribution in [0.2, 0.25) is 0 Å². The largest absolute Gasteiger partial charge is 0.448 e. The molecule has 0 saturated carbocycles. The number of thioether (sulfide) groups is 1. The predicted octanol–water partition coefficient (Wildman–Crippen LogP) is 4.16. The first-order chi connectivity index (χ1) is 21.7. The lowest BCUT2D eigenvalue weighted by atomic mass is 9.89. The van der Waals surface area contributed by atoms with Gasteiger partial charge in [-0.2, -0.15) is 0 Å². The number of carbonyl (C=O) groups is 1. The Balaban J connectivity index is 1.34. The van der Waals surface area contributed by atoms with Crippen molar-refractivity contribution in [1.29, 1.82) is 0 Å². The van der Waals surface area contributed by atoms with Crippen LogP contribution in [0.3, 0.4) is 0 Å². The van der Waals surface area contributed by atoms with Gasteiger partial charge in [-0.1, -0.05) is 6.92 Å². The molecule has 3 aliphatic heterocycles. The van der Waals surface area contributed by atoms with E-state index < -0.39 is 5.79 Å². The molecular weight excluding hydrogens is 592 g/mol. The van der Waals surface area contributed by atoms with Crippen molar-refractivity contribution in [1.82, 2.24) is 25.2 Å². The third kappa shape index (κ3) is 6.28. The minimum absolute atomic E-state index is 0.0961. The molecule has 0 bridgehead atoms. The van der Waals surface area contributed by atoms with Gasteiger partial charge in [0.2, 0.25) is 5.95 Å². The standard InChI is InChI=1S/C33H42N6O5S/c1-6-38-9-7-23(8-10-38)33(4)43-28-21(3)24(30(40)34-19-26-27(45-5)15-20(2)37-31(26)41)16-25(29(28)44-33)22-17-35-32(36-18-22)39-11-13-42-14-12-39/h15-18,23H,6-14,19H2,1-5H3,(H,34,40)(H,37,41)/t33-/m1/s1. The van der Waals surface area contributed by atoms with Crippen molar-refractivity contribution in [2.75, 3.05) is 57.1 Å². The van der Waals surface area contributed by atoms with Crippen LogP contribution in [-0.2, 0) is 11.3 Å². The SMILES string of the molecule is CCN1CCC([C@@]2(C)Oc3c(-c4cnc(N5CCOCC5)nc4)cc(C(=O)NCc4c(SC)cc(C)[nH]c4=O)c(C)c3O2)CC1. The maximum absolute atomic E-state index is 13.8. The minimum Gasteiger partial charge on any atom is -0.448 e. The molecule has 0 unspecified atom stereocenters. The Bertz CT molecular complexity index is 1620. The molecule has 0 spiro atoms. The van der Waals surface area contributed by atoms with Crippen molar-refractivity contribution in [3.05, 3.63) is 57.3 Å². The van der Waals surface area contributed by atoms with Crippen molar-refractivity contribution in [3.63, 3.8) is 0 Å². The molecule has 0 radical (unpaired) electrons. The number of rotatable bonds is 8. The number of amides is 1. The van der Waals surface area contributed by atoms with E-state index in [1.165, 1.54) is 11.8 Å². The fourth-order valence-electron chi connectivity index (χ4n) is 6.46. The first-order valence-electron chi connectivity index (χ1n) is 15.7. The second-order valence-corrected chi connectivity index (χ2v) is 12.9. The highest BCUT2D eigenvalue weighted by Gasteiger charge is 2.47. The summed E-state index contributed by atoms with van der Waals surface area (Å²) in [6, 6.07) is 3.75. The second-order valence-electron chi connectivity index (χ2n) is 12.1. The molecule has 6 rings (SSSR count). The van der Waals surface area contributed by atoms with Crippen molar-refractivity contribution in [2.45, 2.75) is 57.8 Å². The number of morpholine rings is 1. The number of hydrogen-bond donors (Lipinski definition) is 2. The average molecular weight is 635 g/mol. The van der Waals surface area contributed by atoms with E-state index in [0.717, 1.165) is 61.7 Å². The van der Waals surface area contributed by atoms with Gasteiger partial charge in [0.25, 0.3) is 17.3 Å². The Hall–Kier alpha value is -3.61. The van der Waals surface area contributed by atoms with Gasteiger partial charge in [-0.15, -0.1) is 11.8 Å². The number of hydrogen-bond acceptors (Lipinski definition) is 10. The number of aromatic nitrogens is 3. The zero-order valence-corrected chi connectivity index (χ0v) is 27.5. The number of aromatic amines is 1. The van der Waals surface area contributed by atoms with Crippen LogP contribution in [0.5, 0.6) is 11.5 Å². The number of fused-ring (bicyclic) bond motifs is 1. The number of likely N-dealkylation sites (tertiary alicyclic amines) is 1. The van der Waals surface area contributed by atoms with Gasteiger partial charge >= 0.3 is 0 Å². The molecule has 5 heterocycles. The van der Waals surface area contributed by atoms with Gasteiger partial charge in [-0.3, -0.25) is 9.59 Å². The lowest BCUT2D eigenvalue weighted by Crippen LogP contribution is -2.48. The van der Waals surface area contributed by atoms with E-state index in [4.69, 9.17) is 14.2 Å². The highest BCUT2D eigenvalue weighted by atomic mass is 32.2. The van der Waals surface area contributed by atoms with Crippen LogP contribution in [0.1, 0.15) is 53.9 Å². The van der Waals surface area contributed by atoms with E-state index in [0.29, 0.717) is 52.9 Å². The van der Waals surface area contributed by atoms with Crippen LogP contribution >= 0.6 is 11.8 Å². The number of benzene rings is 1. The number of aryl methyl sites for hydroxylation is 1. The molecule has 11 nitrogen and oxygen atoms in total. The number of anilines is 1. The van der Waals surface area contributed by atoms with Crippen LogP contribution in [0.15, 0.2) is 34.2 Å². The second kappa shape index (κ2) is 13.0. The monoisotopic (exact) mass is 634 g/mol. The summed E-state index contributed by atoms with van der Waals surface area (Å²) in [6.45, 7) is 13.8. The summed E-state index contributed by atoms with van der Waals surface area (Å²) in [7, 11) is 0.